The van der Waals surface area contributed by atoms with Crippen LogP contribution in [-0.2, 0) is 0 Å². The smallest absolute Gasteiger partial charge is 0.00684 e. The van der Waals surface area contributed by atoms with Crippen LogP contribution in [0, 0.1) is 11.3 Å². The average Bonchev–Trinajstić information content (AvgIpc) is 3.27. The van der Waals surface area contributed by atoms with Gasteiger partial charge in [0.1, 0.15) is 0 Å². The van der Waals surface area contributed by atoms with E-state index in [0.717, 1.165) is 12.0 Å². The van der Waals surface area contributed by atoms with E-state index in [4.69, 9.17) is 0 Å². The van der Waals surface area contributed by atoms with Crippen molar-refractivity contribution in [2.24, 2.45) is 11.3 Å². The molecule has 3 rings (SSSR count). The van der Waals surface area contributed by atoms with Crippen molar-refractivity contribution in [1.82, 2.24) is 10.2 Å². The Bertz CT molecular complexity index is 295. The summed E-state index contributed by atoms with van der Waals surface area (Å²) in [6.45, 7) is 7.84. The number of nitrogens with zero attached hydrogens (tertiary/aromatic N) is 1. The summed E-state index contributed by atoms with van der Waals surface area (Å²) in [5.41, 5.74) is 0.592. The fraction of sp³-hybridized carbons (Fsp3) is 1.00. The third kappa shape index (κ3) is 4.96. The van der Waals surface area contributed by atoms with Gasteiger partial charge in [0.2, 0.25) is 0 Å². The lowest BCUT2D eigenvalue weighted by molar-refractivity contribution is 0.0814. The Morgan fingerprint density at radius 3 is 2.14 bits per heavy atom. The van der Waals surface area contributed by atoms with E-state index < -0.39 is 0 Å². The highest BCUT2D eigenvalue weighted by Gasteiger charge is 2.37. The van der Waals surface area contributed by atoms with Gasteiger partial charge in [0.15, 0.2) is 0 Å². The van der Waals surface area contributed by atoms with Crippen LogP contribution in [0.15, 0.2) is 0 Å². The predicted molar refractivity (Wildman–Crippen MR) is 90.6 cm³/mol. The number of nitrogens with one attached hydrogen (secondary N) is 1. The Kier molecular flexibility index (Phi) is 5.61. The summed E-state index contributed by atoms with van der Waals surface area (Å²) in [5.74, 6) is 0.964. The van der Waals surface area contributed by atoms with E-state index in [9.17, 15) is 0 Å². The van der Waals surface area contributed by atoms with Crippen molar-refractivity contribution >= 4 is 0 Å². The molecule has 0 radical (unpaired) electrons. The van der Waals surface area contributed by atoms with E-state index in [1.165, 1.54) is 96.8 Å². The van der Waals surface area contributed by atoms with Gasteiger partial charge in [-0.25, -0.2) is 0 Å². The molecule has 0 bridgehead atoms. The molecule has 1 heterocycles. The first-order valence-corrected chi connectivity index (χ1v) is 9.72. The lowest BCUT2D eigenvalue weighted by Gasteiger charge is -2.43. The van der Waals surface area contributed by atoms with E-state index in [0.29, 0.717) is 5.41 Å². The van der Waals surface area contributed by atoms with Crippen LogP contribution in [-0.4, -0.2) is 37.1 Å². The molecular formula is C19H36N2. The fourth-order valence-electron chi connectivity index (χ4n) is 4.36. The summed E-state index contributed by atoms with van der Waals surface area (Å²) < 4.78 is 0. The second-order valence-electron chi connectivity index (χ2n) is 8.38. The number of likely N-dealkylation sites (tertiary alicyclic amines) is 1. The summed E-state index contributed by atoms with van der Waals surface area (Å²) in [6, 6.07) is 0.869. The van der Waals surface area contributed by atoms with E-state index >= 15 is 0 Å². The van der Waals surface area contributed by atoms with Gasteiger partial charge in [-0.1, -0.05) is 39.0 Å². The second kappa shape index (κ2) is 7.46. The van der Waals surface area contributed by atoms with Crippen LogP contribution in [0.1, 0.15) is 77.6 Å². The molecule has 1 N–H and O–H groups in total. The molecule has 1 saturated heterocycles. The molecule has 0 amide bonds. The van der Waals surface area contributed by atoms with Crippen LogP contribution < -0.4 is 5.32 Å². The first-order valence-electron chi connectivity index (χ1n) is 9.72. The van der Waals surface area contributed by atoms with E-state index in [1.54, 1.807) is 0 Å². The van der Waals surface area contributed by atoms with Gasteiger partial charge < -0.3 is 10.2 Å². The predicted octanol–water partition coefficient (Wildman–Crippen LogP) is 4.20. The highest BCUT2D eigenvalue weighted by molar-refractivity contribution is 4.92. The van der Waals surface area contributed by atoms with Crippen molar-refractivity contribution in [2.45, 2.75) is 83.6 Å². The van der Waals surface area contributed by atoms with Crippen LogP contribution >= 0.6 is 0 Å². The first kappa shape index (κ1) is 15.8. The molecule has 2 heteroatoms. The molecule has 0 aromatic carbocycles. The maximum Gasteiger partial charge on any atom is 0.00684 e. The van der Waals surface area contributed by atoms with Gasteiger partial charge in [0, 0.05) is 19.1 Å². The second-order valence-corrected chi connectivity index (χ2v) is 8.38. The van der Waals surface area contributed by atoms with Crippen molar-refractivity contribution in [1.29, 1.82) is 0 Å². The normalized spacial score (nSPS) is 36.1. The standard InChI is InChI=1S/C19H36N2/c1-17-9-11-19(12-10-17,15-20-18-7-8-18)16-21-13-5-3-2-4-6-14-21/h17-18,20H,2-16H2,1H3. The lowest BCUT2D eigenvalue weighted by Crippen LogP contribution is -2.47. The Balaban J connectivity index is 1.56. The minimum atomic E-state index is 0.592. The molecule has 1 aliphatic heterocycles. The maximum atomic E-state index is 3.87. The highest BCUT2D eigenvalue weighted by atomic mass is 15.1. The summed E-state index contributed by atoms with van der Waals surface area (Å²) in [6.07, 6.45) is 16.0. The number of hydrogen-bond acceptors (Lipinski definition) is 2. The van der Waals surface area contributed by atoms with Crippen LogP contribution in [0.5, 0.6) is 0 Å². The van der Waals surface area contributed by atoms with Gasteiger partial charge >= 0.3 is 0 Å². The Labute approximate surface area is 132 Å². The van der Waals surface area contributed by atoms with Crippen LogP contribution in [0.2, 0.25) is 0 Å². The Hall–Kier alpha value is -0.0800. The molecule has 0 aromatic heterocycles. The molecule has 0 spiro atoms. The Morgan fingerprint density at radius 2 is 1.52 bits per heavy atom. The minimum Gasteiger partial charge on any atom is -0.313 e. The van der Waals surface area contributed by atoms with Gasteiger partial charge in [-0.3, -0.25) is 0 Å². The number of hydrogen-bond donors (Lipinski definition) is 1. The third-order valence-corrected chi connectivity index (χ3v) is 6.19. The molecule has 2 saturated carbocycles. The van der Waals surface area contributed by atoms with Gasteiger partial charge in [0.05, 0.1) is 0 Å². The SMILES string of the molecule is CC1CCC(CNC2CC2)(CN2CCCCCCC2)CC1. The molecular weight excluding hydrogens is 256 g/mol. The van der Waals surface area contributed by atoms with Crippen molar-refractivity contribution < 1.29 is 0 Å². The average molecular weight is 293 g/mol. The van der Waals surface area contributed by atoms with Crippen molar-refractivity contribution in [3.05, 3.63) is 0 Å². The minimum absolute atomic E-state index is 0.592. The zero-order valence-electron chi connectivity index (χ0n) is 14.2. The largest absolute Gasteiger partial charge is 0.313 e. The van der Waals surface area contributed by atoms with Crippen molar-refractivity contribution in [2.75, 3.05) is 26.2 Å². The highest BCUT2D eigenvalue weighted by Crippen LogP contribution is 2.40. The zero-order chi connectivity index (χ0) is 14.5. The lowest BCUT2D eigenvalue weighted by atomic mass is 9.70. The number of rotatable bonds is 5. The molecule has 0 unspecified atom stereocenters. The Morgan fingerprint density at radius 1 is 0.905 bits per heavy atom. The van der Waals surface area contributed by atoms with Crippen LogP contribution in [0.3, 0.4) is 0 Å². The van der Waals surface area contributed by atoms with E-state index in [2.05, 4.69) is 17.1 Å². The van der Waals surface area contributed by atoms with Gasteiger partial charge in [0.25, 0.3) is 0 Å². The van der Waals surface area contributed by atoms with Crippen molar-refractivity contribution in [3.63, 3.8) is 0 Å². The van der Waals surface area contributed by atoms with Crippen LogP contribution in [0.25, 0.3) is 0 Å². The molecule has 2 nitrogen and oxygen atoms in total. The molecule has 0 aromatic rings. The first-order chi connectivity index (χ1) is 10.3. The molecule has 122 valence electrons. The quantitative estimate of drug-likeness (QED) is 0.817. The van der Waals surface area contributed by atoms with E-state index in [1.807, 2.05) is 0 Å². The molecule has 21 heavy (non-hydrogen) atoms. The molecule has 3 fully saturated rings. The van der Waals surface area contributed by atoms with Crippen LogP contribution in [0.4, 0.5) is 0 Å². The van der Waals surface area contributed by atoms with Gasteiger partial charge in [-0.05, 0) is 62.9 Å². The van der Waals surface area contributed by atoms with Gasteiger partial charge in [-0.15, -0.1) is 0 Å². The molecule has 2 aliphatic carbocycles. The maximum absolute atomic E-state index is 3.87. The van der Waals surface area contributed by atoms with Crippen molar-refractivity contribution in [3.8, 4) is 0 Å². The topological polar surface area (TPSA) is 15.3 Å². The fourth-order valence-corrected chi connectivity index (χ4v) is 4.36. The monoisotopic (exact) mass is 292 g/mol. The summed E-state index contributed by atoms with van der Waals surface area (Å²) >= 11 is 0. The molecule has 0 atom stereocenters. The summed E-state index contributed by atoms with van der Waals surface area (Å²) in [7, 11) is 0. The molecule has 3 aliphatic rings. The summed E-state index contributed by atoms with van der Waals surface area (Å²) in [4.78, 5) is 2.82. The summed E-state index contributed by atoms with van der Waals surface area (Å²) in [5, 5.41) is 3.87. The van der Waals surface area contributed by atoms with Gasteiger partial charge in [-0.2, -0.15) is 0 Å². The third-order valence-electron chi connectivity index (χ3n) is 6.19. The van der Waals surface area contributed by atoms with E-state index in [-0.39, 0.29) is 0 Å². The zero-order valence-corrected chi connectivity index (χ0v) is 14.2.